The van der Waals surface area contributed by atoms with Crippen LogP contribution in [0.3, 0.4) is 0 Å². The summed E-state index contributed by atoms with van der Waals surface area (Å²) in [7, 11) is 0. The zero-order valence-electron chi connectivity index (χ0n) is 9.43. The van der Waals surface area contributed by atoms with E-state index in [-0.39, 0.29) is 5.82 Å². The van der Waals surface area contributed by atoms with Gasteiger partial charge in [0.15, 0.2) is 6.21 Å². The first-order chi connectivity index (χ1) is 8.16. The first kappa shape index (κ1) is 11.3. The van der Waals surface area contributed by atoms with Crippen LogP contribution in [0, 0.1) is 17.9 Å². The van der Waals surface area contributed by atoms with Crippen molar-refractivity contribution in [2.75, 3.05) is 0 Å². The van der Waals surface area contributed by atoms with E-state index < -0.39 is 0 Å². The highest BCUT2D eigenvalue weighted by molar-refractivity contribution is 5.78. The Morgan fingerprint density at radius 3 is 2.47 bits per heavy atom. The molecular weight excluding hydrogens is 217 g/mol. The molecule has 2 rings (SSSR count). The van der Waals surface area contributed by atoms with E-state index >= 15 is 0 Å². The third-order valence-electron chi connectivity index (χ3n) is 2.50. The van der Waals surface area contributed by atoms with Crippen molar-refractivity contribution in [3.8, 4) is 0 Å². The smallest absolute Gasteiger partial charge is 0.216 e. The summed E-state index contributed by atoms with van der Waals surface area (Å²) in [6, 6.07) is 13.2. The highest BCUT2D eigenvalue weighted by Gasteiger charge is 2.03. The molecule has 3 heteroatoms. The number of para-hydroxylation sites is 1. The van der Waals surface area contributed by atoms with E-state index in [2.05, 4.69) is 0 Å². The van der Waals surface area contributed by atoms with Gasteiger partial charge in [0, 0.05) is 17.7 Å². The number of rotatable bonds is 2. The molecule has 0 unspecified atom stereocenters. The van der Waals surface area contributed by atoms with E-state index in [1.165, 1.54) is 18.3 Å². The maximum absolute atomic E-state index is 12.9. The van der Waals surface area contributed by atoms with Gasteiger partial charge >= 0.3 is 0 Å². The Bertz CT molecular complexity index is 549. The first-order valence-electron chi connectivity index (χ1n) is 5.29. The number of hydrogen-bond acceptors (Lipinski definition) is 1. The molecule has 0 aliphatic carbocycles. The topological polar surface area (TPSA) is 26.1 Å². The minimum Gasteiger partial charge on any atom is -0.618 e. The van der Waals surface area contributed by atoms with Gasteiger partial charge in [-0.3, -0.25) is 0 Å². The van der Waals surface area contributed by atoms with Gasteiger partial charge in [-0.2, -0.15) is 4.74 Å². The van der Waals surface area contributed by atoms with Gasteiger partial charge in [-0.1, -0.05) is 18.2 Å². The second-order valence-electron chi connectivity index (χ2n) is 3.79. The second-order valence-corrected chi connectivity index (χ2v) is 3.79. The lowest BCUT2D eigenvalue weighted by molar-refractivity contribution is -0.354. The summed E-state index contributed by atoms with van der Waals surface area (Å²) in [5.74, 6) is -0.295. The standard InChI is InChI=1S/C14H12FNO/c1-11-9-13(15)8-7-12(11)10-16(17)14-5-3-2-4-6-14/h2-10H,1H3. The molecule has 2 aromatic rings. The number of hydrogen-bond donors (Lipinski definition) is 0. The van der Waals surface area contributed by atoms with Crippen LogP contribution in [0.4, 0.5) is 10.1 Å². The van der Waals surface area contributed by atoms with Crippen molar-refractivity contribution in [2.45, 2.75) is 6.92 Å². The second kappa shape index (κ2) is 4.78. The summed E-state index contributed by atoms with van der Waals surface area (Å²) in [4.78, 5) is 0. The van der Waals surface area contributed by atoms with Crippen molar-refractivity contribution in [1.29, 1.82) is 0 Å². The minimum atomic E-state index is -0.295. The lowest BCUT2D eigenvalue weighted by atomic mass is 10.1. The molecule has 0 saturated heterocycles. The Labute approximate surface area is 99.2 Å². The highest BCUT2D eigenvalue weighted by Crippen LogP contribution is 2.12. The Hall–Kier alpha value is -2.16. The summed E-state index contributed by atoms with van der Waals surface area (Å²) in [6.07, 6.45) is 1.45. The molecule has 0 saturated carbocycles. The lowest BCUT2D eigenvalue weighted by Crippen LogP contribution is -2.00. The third kappa shape index (κ3) is 2.69. The summed E-state index contributed by atoms with van der Waals surface area (Å²) in [6.45, 7) is 1.77. The van der Waals surface area contributed by atoms with Gasteiger partial charge in [-0.15, -0.1) is 0 Å². The van der Waals surface area contributed by atoms with E-state index in [1.54, 1.807) is 37.3 Å². The SMILES string of the molecule is Cc1cc(F)ccc1C=[N+]([O-])c1ccccc1. The maximum Gasteiger partial charge on any atom is 0.216 e. The van der Waals surface area contributed by atoms with Crippen LogP contribution in [0.25, 0.3) is 0 Å². The fourth-order valence-corrected chi connectivity index (χ4v) is 1.56. The van der Waals surface area contributed by atoms with Crippen LogP contribution in [0.5, 0.6) is 0 Å². The third-order valence-corrected chi connectivity index (χ3v) is 2.50. The van der Waals surface area contributed by atoms with Gasteiger partial charge in [-0.05, 0) is 30.7 Å². The van der Waals surface area contributed by atoms with E-state index in [4.69, 9.17) is 0 Å². The van der Waals surface area contributed by atoms with Crippen molar-refractivity contribution >= 4 is 11.9 Å². The molecule has 86 valence electrons. The normalized spacial score (nSPS) is 11.5. The molecule has 17 heavy (non-hydrogen) atoms. The Kier molecular flexibility index (Phi) is 3.19. The van der Waals surface area contributed by atoms with Crippen molar-refractivity contribution in [1.82, 2.24) is 0 Å². The fourth-order valence-electron chi connectivity index (χ4n) is 1.56. The average molecular weight is 229 g/mol. The summed E-state index contributed by atoms with van der Waals surface area (Å²) in [5.41, 5.74) is 2.00. The van der Waals surface area contributed by atoms with Gasteiger partial charge < -0.3 is 5.21 Å². The van der Waals surface area contributed by atoms with Gasteiger partial charge in [0.2, 0.25) is 5.69 Å². The van der Waals surface area contributed by atoms with Gasteiger partial charge in [0.1, 0.15) is 5.82 Å². The van der Waals surface area contributed by atoms with Crippen LogP contribution in [-0.4, -0.2) is 11.0 Å². The first-order valence-corrected chi connectivity index (χ1v) is 5.29. The van der Waals surface area contributed by atoms with Crippen molar-refractivity contribution < 1.29 is 9.13 Å². The van der Waals surface area contributed by atoms with Crippen LogP contribution in [0.15, 0.2) is 48.5 Å². The van der Waals surface area contributed by atoms with Crippen molar-refractivity contribution in [2.24, 2.45) is 0 Å². The van der Waals surface area contributed by atoms with Gasteiger partial charge in [0.25, 0.3) is 0 Å². The lowest BCUT2D eigenvalue weighted by Gasteiger charge is -2.04. The number of benzene rings is 2. The summed E-state index contributed by atoms with van der Waals surface area (Å²) < 4.78 is 13.7. The van der Waals surface area contributed by atoms with E-state index in [0.717, 1.165) is 10.3 Å². The van der Waals surface area contributed by atoms with Crippen LogP contribution < -0.4 is 0 Å². The zero-order chi connectivity index (χ0) is 12.3. The molecule has 2 aromatic carbocycles. The van der Waals surface area contributed by atoms with Crippen LogP contribution in [0.1, 0.15) is 11.1 Å². The molecular formula is C14H12FNO. The van der Waals surface area contributed by atoms with Crippen molar-refractivity contribution in [3.63, 3.8) is 0 Å². The number of halogens is 1. The molecule has 0 aliphatic rings. The molecule has 0 spiro atoms. The predicted octanol–water partition coefficient (Wildman–Crippen LogP) is 3.40. The average Bonchev–Trinajstić information content (AvgIpc) is 2.34. The molecule has 0 fully saturated rings. The van der Waals surface area contributed by atoms with Crippen LogP contribution >= 0.6 is 0 Å². The molecule has 0 aromatic heterocycles. The summed E-state index contributed by atoms with van der Waals surface area (Å²) >= 11 is 0. The molecule has 0 heterocycles. The molecule has 0 N–H and O–H groups in total. The van der Waals surface area contributed by atoms with E-state index in [9.17, 15) is 9.60 Å². The molecule has 0 amide bonds. The van der Waals surface area contributed by atoms with Crippen molar-refractivity contribution in [3.05, 3.63) is 70.7 Å². The highest BCUT2D eigenvalue weighted by atomic mass is 19.1. The van der Waals surface area contributed by atoms with Crippen LogP contribution in [0.2, 0.25) is 0 Å². The monoisotopic (exact) mass is 229 g/mol. The Balaban J connectivity index is 2.36. The number of aryl methyl sites for hydroxylation is 1. The van der Waals surface area contributed by atoms with E-state index in [1.807, 2.05) is 6.07 Å². The van der Waals surface area contributed by atoms with Gasteiger partial charge in [-0.25, -0.2) is 4.39 Å². The molecule has 0 radical (unpaired) electrons. The predicted molar refractivity (Wildman–Crippen MR) is 66.0 cm³/mol. The molecule has 0 aliphatic heterocycles. The minimum absolute atomic E-state index is 0.295. The number of nitrogens with zero attached hydrogens (tertiary/aromatic N) is 1. The van der Waals surface area contributed by atoms with Gasteiger partial charge in [0.05, 0.1) is 0 Å². The molecule has 0 bridgehead atoms. The molecule has 0 atom stereocenters. The molecule has 2 nitrogen and oxygen atoms in total. The Morgan fingerprint density at radius 1 is 1.12 bits per heavy atom. The van der Waals surface area contributed by atoms with Crippen LogP contribution in [-0.2, 0) is 0 Å². The largest absolute Gasteiger partial charge is 0.618 e. The quantitative estimate of drug-likeness (QED) is 0.335. The summed E-state index contributed by atoms with van der Waals surface area (Å²) in [5, 5.41) is 11.8. The fraction of sp³-hybridized carbons (Fsp3) is 0.0714. The zero-order valence-corrected chi connectivity index (χ0v) is 9.43. The van der Waals surface area contributed by atoms with E-state index in [0.29, 0.717) is 11.3 Å². The Morgan fingerprint density at radius 2 is 1.82 bits per heavy atom. The maximum atomic E-state index is 12.9.